The highest BCUT2D eigenvalue weighted by Crippen LogP contribution is 2.48. The van der Waals surface area contributed by atoms with E-state index in [9.17, 15) is 22.4 Å². The maximum atomic E-state index is 14.0. The third kappa shape index (κ3) is 25.3. The molecule has 0 spiro atoms. The Morgan fingerprint density at radius 1 is 0.274 bits per heavy atom. The van der Waals surface area contributed by atoms with Crippen LogP contribution in [-0.4, -0.2) is 24.2 Å². The van der Waals surface area contributed by atoms with Gasteiger partial charge in [-0.25, -0.2) is 17.6 Å². The number of rotatable bonds is 18. The van der Waals surface area contributed by atoms with E-state index in [0.29, 0.717) is 23.3 Å². The number of aromatic nitrogens is 4. The van der Waals surface area contributed by atoms with Crippen LogP contribution in [0, 0.1) is 65.7 Å². The van der Waals surface area contributed by atoms with Crippen LogP contribution in [0.5, 0.6) is 0 Å². The molecule has 4 heterocycles. The Labute approximate surface area is 740 Å². The molecule has 13 aromatic rings. The van der Waals surface area contributed by atoms with Crippen molar-refractivity contribution >= 4 is 36.4 Å². The fourth-order valence-electron chi connectivity index (χ4n) is 15.6. The second-order valence-electron chi connectivity index (χ2n) is 36.8. The molecule has 0 unspecified atom stereocenters. The minimum atomic E-state index is -0.297. The van der Waals surface area contributed by atoms with Gasteiger partial charge in [0.2, 0.25) is 0 Å². The summed E-state index contributed by atoms with van der Waals surface area (Å²) in [5.74, 6) is 0.0219. The molecular formula is C114H135F4N5O. The van der Waals surface area contributed by atoms with Gasteiger partial charge in [-0.05, 0) is 236 Å². The van der Waals surface area contributed by atoms with E-state index in [1.807, 2.05) is 143 Å². The van der Waals surface area contributed by atoms with E-state index in [4.69, 9.17) is 0 Å². The first-order chi connectivity index (χ1) is 58.7. The molecular weight excluding hydrogens is 1530 g/mol. The Morgan fingerprint density at radius 2 is 0.468 bits per heavy atom. The summed E-state index contributed by atoms with van der Waals surface area (Å²) in [7, 11) is 0. The Balaban J connectivity index is 0.000000203. The maximum Gasteiger partial charge on any atom is 0.258 e. The summed E-state index contributed by atoms with van der Waals surface area (Å²) in [6.07, 6.45) is 17.5. The monoisotopic (exact) mass is 1670 g/mol. The zero-order valence-electron chi connectivity index (χ0n) is 78.8. The van der Waals surface area contributed by atoms with Crippen LogP contribution in [0.3, 0.4) is 0 Å². The number of para-hydroxylation sites is 1. The number of hydrogen-bond acceptors (Lipinski definition) is 1. The van der Waals surface area contributed by atoms with Gasteiger partial charge in [0.25, 0.3) is 5.91 Å². The van der Waals surface area contributed by atoms with Gasteiger partial charge in [0.1, 0.15) is 23.3 Å². The van der Waals surface area contributed by atoms with E-state index in [0.717, 1.165) is 67.5 Å². The first-order valence-electron chi connectivity index (χ1n) is 44.1. The molecule has 0 aliphatic heterocycles. The number of halogens is 4. The van der Waals surface area contributed by atoms with Crippen LogP contribution in [0.2, 0.25) is 0 Å². The minimum absolute atomic E-state index is 0.0443. The third-order valence-corrected chi connectivity index (χ3v) is 20.8. The Morgan fingerprint density at radius 3 is 0.677 bits per heavy atom. The summed E-state index contributed by atoms with van der Waals surface area (Å²) in [5, 5.41) is 3.10. The predicted octanol–water partition coefficient (Wildman–Crippen LogP) is 34.6. The third-order valence-electron chi connectivity index (χ3n) is 20.8. The van der Waals surface area contributed by atoms with Crippen molar-refractivity contribution in [3.8, 4) is 89.5 Å². The molecule has 1 amide bonds. The zero-order chi connectivity index (χ0) is 91.3. The molecule has 13 rings (SSSR count). The number of amides is 1. The molecule has 4 aromatic heterocycles. The molecule has 0 radical (unpaired) electrons. The lowest BCUT2D eigenvalue weighted by molar-refractivity contribution is 0.102. The van der Waals surface area contributed by atoms with Crippen LogP contribution in [0.4, 0.5) is 23.2 Å². The molecule has 1 N–H and O–H groups in total. The van der Waals surface area contributed by atoms with Crippen molar-refractivity contribution < 1.29 is 22.4 Å². The maximum absolute atomic E-state index is 14.0. The lowest BCUT2D eigenvalue weighted by Crippen LogP contribution is -2.15. The van der Waals surface area contributed by atoms with Crippen molar-refractivity contribution in [1.82, 2.24) is 18.3 Å². The van der Waals surface area contributed by atoms with Gasteiger partial charge in [0.15, 0.2) is 0 Å². The highest BCUT2D eigenvalue weighted by atomic mass is 19.1. The van der Waals surface area contributed by atoms with Crippen molar-refractivity contribution in [3.05, 3.63) is 341 Å². The first kappa shape index (κ1) is 97.7. The second kappa shape index (κ2) is 43.5. The largest absolute Gasteiger partial charge is 0.322 e. The van der Waals surface area contributed by atoms with Crippen molar-refractivity contribution in [1.29, 1.82) is 0 Å². The normalized spacial score (nSPS) is 11.9. The highest BCUT2D eigenvalue weighted by molar-refractivity contribution is 6.13. The van der Waals surface area contributed by atoms with E-state index in [1.165, 1.54) is 79.3 Å². The summed E-state index contributed by atoms with van der Waals surface area (Å²) < 4.78 is 63.8. The molecule has 0 bridgehead atoms. The molecule has 0 atom stereocenters. The highest BCUT2D eigenvalue weighted by Gasteiger charge is 2.32. The fourth-order valence-corrected chi connectivity index (χ4v) is 15.6. The Kier molecular flexibility index (Phi) is 34.3. The van der Waals surface area contributed by atoms with E-state index in [1.54, 1.807) is 48.5 Å². The van der Waals surface area contributed by atoms with Gasteiger partial charge in [-0.2, -0.15) is 0 Å². The smallest absolute Gasteiger partial charge is 0.258 e. The van der Waals surface area contributed by atoms with E-state index in [-0.39, 0.29) is 56.8 Å². The minimum Gasteiger partial charge on any atom is -0.322 e. The van der Waals surface area contributed by atoms with Gasteiger partial charge in [-0.15, -0.1) is 0 Å². The molecule has 6 nitrogen and oxygen atoms in total. The van der Waals surface area contributed by atoms with Gasteiger partial charge < -0.3 is 23.6 Å². The number of carbonyl (C=O) groups is 1. The molecule has 0 aliphatic carbocycles. The van der Waals surface area contributed by atoms with Crippen LogP contribution in [0.1, 0.15) is 240 Å². The SMILES string of the molecule is CC.CC.CC(C)c1c(C(=O)Nc2ccccc2)c(-c2ccccc2)c(-c2ccc(F)cc2)n1C=CC(C)(C)C.Cc1c(-c2ccccc2)c(-c2ccc(F)cc2)n(C=CC(C)(C)C)c1C(C)C.Cc1c(-c2ccccc2)c(-c2ccc(F)cc2)n(C=CC(C)(C)C)c1C(C)C.Cc1c(-c2ccccc2)c(-c2ccc(F)cc2)n(C=CC(C)(C)C)c1C(C)C. The fraction of sp³-hybridized carbons (Fsp3) is 0.307. The van der Waals surface area contributed by atoms with Gasteiger partial charge >= 0.3 is 0 Å². The number of hydrogen-bond donors (Lipinski definition) is 1. The molecule has 10 heteroatoms. The lowest BCUT2D eigenvalue weighted by Gasteiger charge is -2.17. The lowest BCUT2D eigenvalue weighted by atomic mass is 9.94. The average molecular weight is 1670 g/mol. The summed E-state index contributed by atoms with van der Waals surface area (Å²) in [6.45, 7) is 58.4. The molecule has 9 aromatic carbocycles. The average Bonchev–Trinajstić information content (AvgIpc) is 1.60. The molecule has 0 aliphatic rings. The Bertz CT molecular complexity index is 5290. The van der Waals surface area contributed by atoms with Gasteiger partial charge in [0.05, 0.1) is 28.3 Å². The number of benzene rings is 9. The number of nitrogens with one attached hydrogen (secondary N) is 1. The van der Waals surface area contributed by atoms with Crippen LogP contribution in [-0.2, 0) is 0 Å². The standard InChI is InChI=1S/C32H33FN2O.3C26H30FN.2C2H6/c1-22(2)29-28(31(36)34-26-14-10-7-11-15-26)27(23-12-8-6-9-13-23)30(24-16-18-25(33)19-17-24)35(29)21-20-32(3,4)5;3*1-18(2)24-19(3)23(20-10-8-7-9-11-20)25(21-12-14-22(27)15-13-21)28(24)17-16-26(4,5)6;2*1-2/h6-22H,1-5H3,(H,34,36);3*7-18H,1-6H3;2*1-2H3. The van der Waals surface area contributed by atoms with Crippen LogP contribution in [0.25, 0.3) is 114 Å². The first-order valence-corrected chi connectivity index (χ1v) is 44.1. The molecule has 0 fully saturated rings. The van der Waals surface area contributed by atoms with Gasteiger partial charge in [-0.3, -0.25) is 4.79 Å². The number of carbonyl (C=O) groups excluding carboxylic acids is 1. The van der Waals surface area contributed by atoms with Crippen molar-refractivity contribution in [2.45, 2.75) is 211 Å². The summed E-state index contributed by atoms with van der Waals surface area (Å²) in [6, 6.07) is 77.9. The van der Waals surface area contributed by atoms with Crippen LogP contribution >= 0.6 is 0 Å². The van der Waals surface area contributed by atoms with E-state index in [2.05, 4.69) is 305 Å². The molecule has 0 saturated carbocycles. The number of nitrogens with zero attached hydrogens (tertiary/aromatic N) is 4. The predicted molar refractivity (Wildman–Crippen MR) is 528 cm³/mol. The van der Waals surface area contributed by atoms with E-state index < -0.39 is 0 Å². The molecule has 0 saturated heterocycles. The quantitative estimate of drug-likeness (QED) is 0.0855. The van der Waals surface area contributed by atoms with E-state index >= 15 is 0 Å². The van der Waals surface area contributed by atoms with Crippen molar-refractivity contribution in [2.75, 3.05) is 5.32 Å². The summed E-state index contributed by atoms with van der Waals surface area (Å²) in [4.78, 5) is 14.0. The number of allylic oxidation sites excluding steroid dienone is 4. The van der Waals surface area contributed by atoms with Crippen LogP contribution < -0.4 is 5.32 Å². The Hall–Kier alpha value is -11.8. The van der Waals surface area contributed by atoms with Crippen molar-refractivity contribution in [2.24, 2.45) is 21.7 Å². The molecule has 124 heavy (non-hydrogen) atoms. The zero-order valence-corrected chi connectivity index (χ0v) is 78.8. The van der Waals surface area contributed by atoms with Gasteiger partial charge in [-0.1, -0.05) is 330 Å². The number of anilines is 1. The van der Waals surface area contributed by atoms with Crippen LogP contribution in [0.15, 0.2) is 273 Å². The summed E-state index contributed by atoms with van der Waals surface area (Å²) in [5.41, 5.74) is 27.2. The second-order valence-corrected chi connectivity index (χ2v) is 36.8. The summed E-state index contributed by atoms with van der Waals surface area (Å²) >= 11 is 0. The molecule has 650 valence electrons. The van der Waals surface area contributed by atoms with Gasteiger partial charge in [0, 0.05) is 75.5 Å². The van der Waals surface area contributed by atoms with Crippen molar-refractivity contribution in [3.63, 3.8) is 0 Å². The topological polar surface area (TPSA) is 48.8 Å².